The molecular weight excluding hydrogens is 266 g/mol. The van der Waals surface area contributed by atoms with Crippen molar-refractivity contribution in [1.82, 2.24) is 4.72 Å². The highest BCUT2D eigenvalue weighted by molar-refractivity contribution is 7.89. The van der Waals surface area contributed by atoms with Crippen LogP contribution in [0.5, 0.6) is 5.75 Å². The average molecular weight is 287 g/mol. The lowest BCUT2D eigenvalue weighted by Gasteiger charge is -2.15. The molecule has 2 N–H and O–H groups in total. The van der Waals surface area contributed by atoms with E-state index in [1.165, 1.54) is 13.2 Å². The van der Waals surface area contributed by atoms with E-state index in [9.17, 15) is 8.42 Å². The first-order chi connectivity index (χ1) is 9.05. The molecule has 0 aliphatic carbocycles. The SMILES string of the molecule is CCC(CCO)CNS(=O)(=O)c1ccccc1OC. The van der Waals surface area contributed by atoms with Gasteiger partial charge in [0.15, 0.2) is 0 Å². The smallest absolute Gasteiger partial charge is 0.244 e. The zero-order valence-corrected chi connectivity index (χ0v) is 12.1. The van der Waals surface area contributed by atoms with Crippen molar-refractivity contribution >= 4 is 10.0 Å². The summed E-state index contributed by atoms with van der Waals surface area (Å²) in [6.07, 6.45) is 1.40. The van der Waals surface area contributed by atoms with Crippen LogP contribution >= 0.6 is 0 Å². The Morgan fingerprint density at radius 3 is 2.63 bits per heavy atom. The molecule has 0 aliphatic rings. The molecule has 1 aromatic carbocycles. The second kappa shape index (κ2) is 7.47. The first-order valence-corrected chi connectivity index (χ1v) is 7.77. The second-order valence-corrected chi connectivity index (χ2v) is 6.02. The Morgan fingerprint density at radius 2 is 2.05 bits per heavy atom. The van der Waals surface area contributed by atoms with Gasteiger partial charge in [-0.15, -0.1) is 0 Å². The zero-order valence-electron chi connectivity index (χ0n) is 11.3. The Balaban J connectivity index is 2.81. The summed E-state index contributed by atoms with van der Waals surface area (Å²) in [6, 6.07) is 6.49. The van der Waals surface area contributed by atoms with Crippen LogP contribution in [0.25, 0.3) is 0 Å². The average Bonchev–Trinajstić information content (AvgIpc) is 2.43. The first kappa shape index (κ1) is 15.9. The molecule has 0 aromatic heterocycles. The molecule has 108 valence electrons. The largest absolute Gasteiger partial charge is 0.495 e. The molecule has 1 atom stereocenters. The molecule has 19 heavy (non-hydrogen) atoms. The van der Waals surface area contributed by atoms with Crippen molar-refractivity contribution in [3.63, 3.8) is 0 Å². The molecule has 0 radical (unpaired) electrons. The molecule has 0 saturated carbocycles. The number of nitrogens with one attached hydrogen (secondary N) is 1. The van der Waals surface area contributed by atoms with Crippen LogP contribution < -0.4 is 9.46 Å². The Hall–Kier alpha value is -1.11. The molecule has 1 unspecified atom stereocenters. The Morgan fingerprint density at radius 1 is 1.37 bits per heavy atom. The molecule has 5 nitrogen and oxygen atoms in total. The maximum absolute atomic E-state index is 12.2. The topological polar surface area (TPSA) is 75.6 Å². The number of aliphatic hydroxyl groups excluding tert-OH is 1. The van der Waals surface area contributed by atoms with Gasteiger partial charge in [0.1, 0.15) is 10.6 Å². The number of hydrogen-bond donors (Lipinski definition) is 2. The number of ether oxygens (including phenoxy) is 1. The highest BCUT2D eigenvalue weighted by Gasteiger charge is 2.19. The fraction of sp³-hybridized carbons (Fsp3) is 0.538. The van der Waals surface area contributed by atoms with E-state index in [4.69, 9.17) is 9.84 Å². The van der Waals surface area contributed by atoms with Gasteiger partial charge in [0.25, 0.3) is 0 Å². The number of para-hydroxylation sites is 1. The van der Waals surface area contributed by atoms with E-state index in [-0.39, 0.29) is 17.4 Å². The number of aliphatic hydroxyl groups is 1. The van der Waals surface area contributed by atoms with E-state index in [2.05, 4.69) is 4.72 Å². The molecule has 6 heteroatoms. The van der Waals surface area contributed by atoms with Crippen LogP contribution in [0.1, 0.15) is 19.8 Å². The fourth-order valence-electron chi connectivity index (χ4n) is 1.78. The molecule has 0 aliphatic heterocycles. The van der Waals surface area contributed by atoms with Gasteiger partial charge in [0, 0.05) is 13.2 Å². The molecule has 0 fully saturated rings. The van der Waals surface area contributed by atoms with E-state index in [0.717, 1.165) is 6.42 Å². The van der Waals surface area contributed by atoms with Crippen LogP contribution in [0.2, 0.25) is 0 Å². The van der Waals surface area contributed by atoms with Gasteiger partial charge in [0.05, 0.1) is 7.11 Å². The molecular formula is C13H21NO4S. The lowest BCUT2D eigenvalue weighted by molar-refractivity contribution is 0.254. The van der Waals surface area contributed by atoms with Gasteiger partial charge in [0.2, 0.25) is 10.0 Å². The fourth-order valence-corrected chi connectivity index (χ4v) is 3.06. The van der Waals surface area contributed by atoms with Gasteiger partial charge in [-0.1, -0.05) is 25.5 Å². The number of rotatable bonds is 8. The molecule has 1 aromatic rings. The van der Waals surface area contributed by atoms with Gasteiger partial charge in [-0.05, 0) is 24.5 Å². The van der Waals surface area contributed by atoms with Crippen LogP contribution in [-0.2, 0) is 10.0 Å². The van der Waals surface area contributed by atoms with E-state index in [1.807, 2.05) is 6.92 Å². The quantitative estimate of drug-likeness (QED) is 0.757. The van der Waals surface area contributed by atoms with Crippen molar-refractivity contribution in [1.29, 1.82) is 0 Å². The van der Waals surface area contributed by atoms with Crippen molar-refractivity contribution in [3.05, 3.63) is 24.3 Å². The molecule has 0 spiro atoms. The summed E-state index contributed by atoms with van der Waals surface area (Å²) in [4.78, 5) is 0.136. The van der Waals surface area contributed by atoms with Crippen LogP contribution in [0.3, 0.4) is 0 Å². The summed E-state index contributed by atoms with van der Waals surface area (Å²) in [5.74, 6) is 0.458. The summed E-state index contributed by atoms with van der Waals surface area (Å²) in [7, 11) is -2.14. The summed E-state index contributed by atoms with van der Waals surface area (Å²) in [6.45, 7) is 2.35. The van der Waals surface area contributed by atoms with E-state index < -0.39 is 10.0 Å². The maximum Gasteiger partial charge on any atom is 0.244 e. The van der Waals surface area contributed by atoms with Crippen LogP contribution in [0, 0.1) is 5.92 Å². The van der Waals surface area contributed by atoms with Crippen LogP contribution in [-0.4, -0.2) is 33.8 Å². The van der Waals surface area contributed by atoms with Gasteiger partial charge in [-0.25, -0.2) is 13.1 Å². The van der Waals surface area contributed by atoms with Crippen molar-refractivity contribution in [3.8, 4) is 5.75 Å². The van der Waals surface area contributed by atoms with Gasteiger partial charge >= 0.3 is 0 Å². The second-order valence-electron chi connectivity index (χ2n) is 4.29. The van der Waals surface area contributed by atoms with E-state index in [0.29, 0.717) is 18.7 Å². The Bertz CT molecular complexity index is 487. The van der Waals surface area contributed by atoms with E-state index >= 15 is 0 Å². The summed E-state index contributed by atoms with van der Waals surface area (Å²) < 4.78 is 32.0. The Kier molecular flexibility index (Phi) is 6.27. The zero-order chi connectivity index (χ0) is 14.3. The highest BCUT2D eigenvalue weighted by Crippen LogP contribution is 2.22. The first-order valence-electron chi connectivity index (χ1n) is 6.28. The summed E-state index contributed by atoms with van der Waals surface area (Å²) >= 11 is 0. The monoisotopic (exact) mass is 287 g/mol. The van der Waals surface area contributed by atoms with Gasteiger partial charge in [-0.3, -0.25) is 0 Å². The third-order valence-corrected chi connectivity index (χ3v) is 4.50. The molecule has 0 bridgehead atoms. The van der Waals surface area contributed by atoms with Crippen LogP contribution in [0.4, 0.5) is 0 Å². The minimum Gasteiger partial charge on any atom is -0.495 e. The third kappa shape index (κ3) is 4.49. The maximum atomic E-state index is 12.2. The summed E-state index contributed by atoms with van der Waals surface area (Å²) in [5, 5.41) is 8.90. The summed E-state index contributed by atoms with van der Waals surface area (Å²) in [5.41, 5.74) is 0. The number of sulfonamides is 1. The van der Waals surface area contributed by atoms with Crippen LogP contribution in [0.15, 0.2) is 29.2 Å². The van der Waals surface area contributed by atoms with Crippen molar-refractivity contribution in [2.75, 3.05) is 20.3 Å². The van der Waals surface area contributed by atoms with Crippen molar-refractivity contribution in [2.24, 2.45) is 5.92 Å². The number of hydrogen-bond acceptors (Lipinski definition) is 4. The number of methoxy groups -OCH3 is 1. The normalized spacial score (nSPS) is 13.2. The van der Waals surface area contributed by atoms with Gasteiger partial charge < -0.3 is 9.84 Å². The molecule has 0 amide bonds. The third-order valence-electron chi connectivity index (χ3n) is 3.04. The minimum absolute atomic E-state index is 0.0644. The molecule has 0 saturated heterocycles. The lowest BCUT2D eigenvalue weighted by Crippen LogP contribution is -2.30. The predicted octanol–water partition coefficient (Wildman–Crippen LogP) is 1.38. The highest BCUT2D eigenvalue weighted by atomic mass is 32.2. The lowest BCUT2D eigenvalue weighted by atomic mass is 10.0. The van der Waals surface area contributed by atoms with Gasteiger partial charge in [-0.2, -0.15) is 0 Å². The minimum atomic E-state index is -3.58. The van der Waals surface area contributed by atoms with Crippen molar-refractivity contribution < 1.29 is 18.3 Å². The standard InChI is InChI=1S/C13H21NO4S/c1-3-11(8-9-15)10-14-19(16,17)13-7-5-4-6-12(13)18-2/h4-7,11,14-15H,3,8-10H2,1-2H3. The predicted molar refractivity (Wildman–Crippen MR) is 73.7 cm³/mol. The van der Waals surface area contributed by atoms with Crippen molar-refractivity contribution in [2.45, 2.75) is 24.7 Å². The molecule has 0 heterocycles. The Labute approximate surface area is 114 Å². The molecule has 1 rings (SSSR count). The number of benzene rings is 1. The van der Waals surface area contributed by atoms with E-state index in [1.54, 1.807) is 18.2 Å².